The molecule has 26 heavy (non-hydrogen) atoms. The Morgan fingerprint density at radius 2 is 2.08 bits per heavy atom. The molecule has 0 radical (unpaired) electrons. The van der Waals surface area contributed by atoms with E-state index < -0.39 is 0 Å². The van der Waals surface area contributed by atoms with Crippen LogP contribution in [0.1, 0.15) is 30.8 Å². The van der Waals surface area contributed by atoms with E-state index in [1.165, 1.54) is 29.4 Å². The van der Waals surface area contributed by atoms with Gasteiger partial charge in [0.15, 0.2) is 0 Å². The molecular weight excluding hydrogens is 324 g/mol. The fourth-order valence-corrected chi connectivity index (χ4v) is 3.73. The van der Waals surface area contributed by atoms with Crippen molar-refractivity contribution < 1.29 is 4.79 Å². The van der Waals surface area contributed by atoms with Gasteiger partial charge in [0.2, 0.25) is 5.91 Å². The van der Waals surface area contributed by atoms with Gasteiger partial charge in [-0.2, -0.15) is 0 Å². The largest absolute Gasteiger partial charge is 0.355 e. The molecule has 2 heterocycles. The highest BCUT2D eigenvalue weighted by Crippen LogP contribution is 2.46. The number of aryl methyl sites for hydroxylation is 3. The molecule has 4 rings (SSSR count). The SMILES string of the molecule is Cc1nccn1CC1(CNC(=O)CCn2c(C)cc3ccccc32)CC1. The fourth-order valence-electron chi connectivity index (χ4n) is 3.73. The number of amides is 1. The summed E-state index contributed by atoms with van der Waals surface area (Å²) in [5, 5.41) is 4.40. The molecule has 0 aliphatic heterocycles. The Morgan fingerprint density at radius 1 is 1.27 bits per heavy atom. The number of fused-ring (bicyclic) bond motifs is 1. The minimum atomic E-state index is 0.135. The van der Waals surface area contributed by atoms with Gasteiger partial charge in [0, 0.05) is 55.1 Å². The molecule has 1 fully saturated rings. The summed E-state index contributed by atoms with van der Waals surface area (Å²) < 4.78 is 4.42. The molecule has 1 aliphatic rings. The Morgan fingerprint density at radius 3 is 2.81 bits per heavy atom. The van der Waals surface area contributed by atoms with Gasteiger partial charge in [0.25, 0.3) is 0 Å². The predicted molar refractivity (Wildman–Crippen MR) is 103 cm³/mol. The van der Waals surface area contributed by atoms with Crippen molar-refractivity contribution in [1.29, 1.82) is 0 Å². The number of rotatable bonds is 7. The number of hydrogen-bond acceptors (Lipinski definition) is 2. The zero-order valence-electron chi connectivity index (χ0n) is 15.5. The van der Waals surface area contributed by atoms with E-state index in [0.717, 1.165) is 25.5 Å². The van der Waals surface area contributed by atoms with Gasteiger partial charge in [-0.15, -0.1) is 0 Å². The fraction of sp³-hybridized carbons (Fsp3) is 0.429. The van der Waals surface area contributed by atoms with Crippen molar-refractivity contribution in [3.8, 4) is 0 Å². The van der Waals surface area contributed by atoms with E-state index in [2.05, 4.69) is 50.6 Å². The van der Waals surface area contributed by atoms with E-state index in [4.69, 9.17) is 0 Å². The quantitative estimate of drug-likeness (QED) is 0.710. The highest BCUT2D eigenvalue weighted by atomic mass is 16.1. The van der Waals surface area contributed by atoms with Crippen molar-refractivity contribution in [2.24, 2.45) is 5.41 Å². The predicted octanol–water partition coefficient (Wildman–Crippen LogP) is 3.44. The molecule has 1 aromatic carbocycles. The molecule has 5 heteroatoms. The van der Waals surface area contributed by atoms with Gasteiger partial charge >= 0.3 is 0 Å². The summed E-state index contributed by atoms with van der Waals surface area (Å²) >= 11 is 0. The summed E-state index contributed by atoms with van der Waals surface area (Å²) in [4.78, 5) is 16.7. The second-order valence-electron chi connectivity index (χ2n) is 7.63. The van der Waals surface area contributed by atoms with Crippen molar-refractivity contribution in [2.75, 3.05) is 6.54 Å². The maximum Gasteiger partial charge on any atom is 0.221 e. The molecular formula is C21H26N4O. The molecule has 1 aliphatic carbocycles. The van der Waals surface area contributed by atoms with Crippen molar-refractivity contribution in [3.05, 3.63) is 54.2 Å². The smallest absolute Gasteiger partial charge is 0.221 e. The molecule has 0 unspecified atom stereocenters. The number of nitrogens with zero attached hydrogens (tertiary/aromatic N) is 3. The molecule has 0 atom stereocenters. The van der Waals surface area contributed by atoms with Crippen LogP contribution < -0.4 is 5.32 Å². The second kappa shape index (κ2) is 6.63. The van der Waals surface area contributed by atoms with Gasteiger partial charge in [0.1, 0.15) is 5.82 Å². The number of carbonyl (C=O) groups excluding carboxylic acids is 1. The van der Waals surface area contributed by atoms with Gasteiger partial charge in [-0.25, -0.2) is 4.98 Å². The van der Waals surface area contributed by atoms with Crippen molar-refractivity contribution in [1.82, 2.24) is 19.4 Å². The van der Waals surface area contributed by atoms with Crippen LogP contribution in [0.2, 0.25) is 0 Å². The Hall–Kier alpha value is -2.56. The van der Waals surface area contributed by atoms with Crippen LogP contribution >= 0.6 is 0 Å². The number of hydrogen-bond donors (Lipinski definition) is 1. The first-order valence-corrected chi connectivity index (χ1v) is 9.36. The summed E-state index contributed by atoms with van der Waals surface area (Å²) in [6.45, 7) is 6.55. The van der Waals surface area contributed by atoms with Crippen LogP contribution in [0, 0.1) is 19.3 Å². The summed E-state index contributed by atoms with van der Waals surface area (Å²) in [5.74, 6) is 1.17. The van der Waals surface area contributed by atoms with Crippen LogP contribution in [0.4, 0.5) is 0 Å². The van der Waals surface area contributed by atoms with E-state index in [0.29, 0.717) is 6.42 Å². The highest BCUT2D eigenvalue weighted by Gasteiger charge is 2.43. The van der Waals surface area contributed by atoms with E-state index in [-0.39, 0.29) is 11.3 Å². The van der Waals surface area contributed by atoms with Crippen LogP contribution in [0.25, 0.3) is 10.9 Å². The summed E-state index contributed by atoms with van der Waals surface area (Å²) in [7, 11) is 0. The molecule has 136 valence electrons. The molecule has 3 aromatic rings. The number of nitrogens with one attached hydrogen (secondary N) is 1. The zero-order valence-corrected chi connectivity index (χ0v) is 15.5. The molecule has 0 spiro atoms. The number of benzene rings is 1. The minimum Gasteiger partial charge on any atom is -0.355 e. The number of imidazole rings is 1. The standard InChI is InChI=1S/C21H26N4O/c1-16-13-18-5-3-4-6-19(18)25(16)11-7-20(26)23-14-21(8-9-21)15-24-12-10-22-17(24)2/h3-6,10,12-13H,7-9,11,14-15H2,1-2H3,(H,23,26). The molecule has 2 aromatic heterocycles. The monoisotopic (exact) mass is 350 g/mol. The average Bonchev–Trinajstić information content (AvgIpc) is 3.17. The normalized spacial score (nSPS) is 15.3. The lowest BCUT2D eigenvalue weighted by Crippen LogP contribution is -2.33. The minimum absolute atomic E-state index is 0.135. The van der Waals surface area contributed by atoms with E-state index in [9.17, 15) is 4.79 Å². The first kappa shape index (κ1) is 16.9. The number of carbonyl (C=O) groups is 1. The highest BCUT2D eigenvalue weighted by molar-refractivity contribution is 5.81. The Labute approximate surface area is 154 Å². The first-order chi connectivity index (χ1) is 12.6. The van der Waals surface area contributed by atoms with Crippen LogP contribution in [-0.2, 0) is 17.9 Å². The Bertz CT molecular complexity index is 933. The first-order valence-electron chi connectivity index (χ1n) is 9.36. The maximum absolute atomic E-state index is 12.4. The Balaban J connectivity index is 1.32. The molecule has 1 N–H and O–H groups in total. The maximum atomic E-state index is 12.4. The van der Waals surface area contributed by atoms with Crippen LogP contribution in [0.15, 0.2) is 42.7 Å². The third-order valence-corrected chi connectivity index (χ3v) is 5.63. The van der Waals surface area contributed by atoms with E-state index >= 15 is 0 Å². The van der Waals surface area contributed by atoms with Gasteiger partial charge in [-0.3, -0.25) is 4.79 Å². The molecule has 5 nitrogen and oxygen atoms in total. The third-order valence-electron chi connectivity index (χ3n) is 5.63. The lowest BCUT2D eigenvalue weighted by molar-refractivity contribution is -0.121. The van der Waals surface area contributed by atoms with Crippen molar-refractivity contribution in [3.63, 3.8) is 0 Å². The lowest BCUT2D eigenvalue weighted by atomic mass is 10.1. The molecule has 1 saturated carbocycles. The van der Waals surface area contributed by atoms with E-state index in [1.807, 2.05) is 25.4 Å². The van der Waals surface area contributed by atoms with Crippen LogP contribution in [-0.4, -0.2) is 26.6 Å². The van der Waals surface area contributed by atoms with Crippen molar-refractivity contribution in [2.45, 2.75) is 46.2 Å². The zero-order chi connectivity index (χ0) is 18.1. The number of aromatic nitrogens is 3. The van der Waals surface area contributed by atoms with Crippen LogP contribution in [0.3, 0.4) is 0 Å². The van der Waals surface area contributed by atoms with Gasteiger partial charge < -0.3 is 14.5 Å². The van der Waals surface area contributed by atoms with Gasteiger partial charge in [-0.05, 0) is 44.2 Å². The van der Waals surface area contributed by atoms with Crippen LogP contribution in [0.5, 0.6) is 0 Å². The van der Waals surface area contributed by atoms with Gasteiger partial charge in [0.05, 0.1) is 0 Å². The van der Waals surface area contributed by atoms with Gasteiger partial charge in [-0.1, -0.05) is 18.2 Å². The second-order valence-corrected chi connectivity index (χ2v) is 7.63. The Kier molecular flexibility index (Phi) is 4.31. The van der Waals surface area contributed by atoms with E-state index in [1.54, 1.807) is 0 Å². The van der Waals surface area contributed by atoms with Crippen molar-refractivity contribution >= 4 is 16.8 Å². The third kappa shape index (κ3) is 3.39. The lowest BCUT2D eigenvalue weighted by Gasteiger charge is -2.18. The molecule has 0 bridgehead atoms. The summed E-state index contributed by atoms with van der Waals surface area (Å²) in [5.41, 5.74) is 2.62. The average molecular weight is 350 g/mol. The number of para-hydroxylation sites is 1. The summed E-state index contributed by atoms with van der Waals surface area (Å²) in [6.07, 6.45) is 6.73. The molecule has 1 amide bonds. The topological polar surface area (TPSA) is 51.9 Å². The summed E-state index contributed by atoms with van der Waals surface area (Å²) in [6, 6.07) is 10.5. The molecule has 0 saturated heterocycles.